The monoisotopic (exact) mass is 357 g/mol. The van der Waals surface area contributed by atoms with Crippen LogP contribution >= 0.6 is 11.3 Å². The van der Waals surface area contributed by atoms with Crippen LogP contribution < -0.4 is 15.6 Å². The first-order valence-corrected chi connectivity index (χ1v) is 8.88. The Hall–Kier alpha value is -2.67. The predicted molar refractivity (Wildman–Crippen MR) is 98.0 cm³/mol. The molecule has 2 heterocycles. The molecule has 1 aromatic carbocycles. The molecule has 0 aliphatic heterocycles. The van der Waals surface area contributed by atoms with Crippen molar-refractivity contribution >= 4 is 27.5 Å². The van der Waals surface area contributed by atoms with Crippen LogP contribution in [0.5, 0.6) is 5.75 Å². The fourth-order valence-electron chi connectivity index (χ4n) is 2.48. The molecule has 0 radical (unpaired) electrons. The molecule has 1 amide bonds. The zero-order valence-corrected chi connectivity index (χ0v) is 14.9. The molecule has 3 rings (SSSR count). The first kappa shape index (κ1) is 17.2. The maximum absolute atomic E-state index is 12.3. The fourth-order valence-corrected chi connectivity index (χ4v) is 3.41. The highest BCUT2D eigenvalue weighted by Crippen LogP contribution is 2.21. The Bertz CT molecular complexity index is 948. The number of thiophene rings is 1. The molecule has 130 valence electrons. The van der Waals surface area contributed by atoms with E-state index in [2.05, 4.69) is 15.3 Å². The number of rotatable bonds is 6. The Balaban J connectivity index is 1.63. The Morgan fingerprint density at radius 1 is 1.40 bits per heavy atom. The average Bonchev–Trinajstić information content (AvgIpc) is 3.04. The average molecular weight is 357 g/mol. The van der Waals surface area contributed by atoms with Gasteiger partial charge in [-0.15, -0.1) is 11.3 Å². The van der Waals surface area contributed by atoms with Gasteiger partial charge in [-0.1, -0.05) is 25.1 Å². The minimum atomic E-state index is -0.608. The van der Waals surface area contributed by atoms with Crippen molar-refractivity contribution in [1.29, 1.82) is 0 Å². The lowest BCUT2D eigenvalue weighted by atomic mass is 10.1. The van der Waals surface area contributed by atoms with Crippen LogP contribution in [0.4, 0.5) is 0 Å². The van der Waals surface area contributed by atoms with Gasteiger partial charge in [0, 0.05) is 4.88 Å². The molecule has 25 heavy (non-hydrogen) atoms. The van der Waals surface area contributed by atoms with Gasteiger partial charge in [0.15, 0.2) is 6.10 Å². The number of nitrogens with zero attached hydrogens (tertiary/aromatic N) is 1. The highest BCUT2D eigenvalue weighted by Gasteiger charge is 2.16. The van der Waals surface area contributed by atoms with E-state index in [4.69, 9.17) is 4.74 Å². The minimum absolute atomic E-state index is 0.174. The SMILES string of the molecule is CCc1ccccc1OC(C)C(=O)NCc1cc2c(=O)[nH]cnc2s1. The molecule has 1 unspecified atom stereocenters. The molecular weight excluding hydrogens is 338 g/mol. The van der Waals surface area contributed by atoms with Gasteiger partial charge in [-0.3, -0.25) is 9.59 Å². The second-order valence-corrected chi connectivity index (χ2v) is 6.72. The van der Waals surface area contributed by atoms with E-state index in [9.17, 15) is 9.59 Å². The number of nitrogens with one attached hydrogen (secondary N) is 2. The number of aromatic nitrogens is 2. The first-order valence-electron chi connectivity index (χ1n) is 8.07. The molecule has 0 aliphatic carbocycles. The number of carbonyl (C=O) groups excluding carboxylic acids is 1. The van der Waals surface area contributed by atoms with E-state index in [0.717, 1.165) is 22.6 Å². The van der Waals surface area contributed by atoms with E-state index < -0.39 is 6.10 Å². The maximum atomic E-state index is 12.3. The Morgan fingerprint density at radius 3 is 2.96 bits per heavy atom. The van der Waals surface area contributed by atoms with Gasteiger partial charge in [-0.25, -0.2) is 4.98 Å². The highest BCUT2D eigenvalue weighted by atomic mass is 32.1. The van der Waals surface area contributed by atoms with Gasteiger partial charge in [-0.2, -0.15) is 0 Å². The molecule has 0 spiro atoms. The van der Waals surface area contributed by atoms with Crippen LogP contribution in [0.1, 0.15) is 24.3 Å². The van der Waals surface area contributed by atoms with Crippen molar-refractivity contribution in [3.05, 3.63) is 57.5 Å². The van der Waals surface area contributed by atoms with E-state index in [1.165, 1.54) is 17.7 Å². The Kier molecular flexibility index (Phi) is 5.14. The van der Waals surface area contributed by atoms with Gasteiger partial charge in [0.25, 0.3) is 11.5 Å². The summed E-state index contributed by atoms with van der Waals surface area (Å²) in [5.74, 6) is 0.524. The zero-order chi connectivity index (χ0) is 17.8. The third kappa shape index (κ3) is 3.88. The second kappa shape index (κ2) is 7.48. The van der Waals surface area contributed by atoms with Crippen LogP contribution in [0, 0.1) is 0 Å². The summed E-state index contributed by atoms with van der Waals surface area (Å²) in [5, 5.41) is 3.38. The predicted octanol–water partition coefficient (Wildman–Crippen LogP) is 2.63. The number of ether oxygens (including phenoxy) is 1. The molecule has 0 saturated carbocycles. The summed E-state index contributed by atoms with van der Waals surface area (Å²) in [6, 6.07) is 9.45. The largest absolute Gasteiger partial charge is 0.481 e. The molecule has 0 aliphatic rings. The second-order valence-electron chi connectivity index (χ2n) is 5.60. The van der Waals surface area contributed by atoms with Crippen molar-refractivity contribution in [3.63, 3.8) is 0 Å². The van der Waals surface area contributed by atoms with Crippen LogP contribution in [0.3, 0.4) is 0 Å². The zero-order valence-electron chi connectivity index (χ0n) is 14.0. The van der Waals surface area contributed by atoms with Crippen molar-refractivity contribution in [2.75, 3.05) is 0 Å². The van der Waals surface area contributed by atoms with Crippen LogP contribution in [0.15, 0.2) is 41.5 Å². The van der Waals surface area contributed by atoms with E-state index in [0.29, 0.717) is 16.8 Å². The van der Waals surface area contributed by atoms with Crippen molar-refractivity contribution in [2.45, 2.75) is 32.9 Å². The standard InChI is InChI=1S/C18H19N3O3S/c1-3-12-6-4-5-7-15(12)24-11(2)16(22)19-9-13-8-14-17(23)20-10-21-18(14)25-13/h4-8,10-11H,3,9H2,1-2H3,(H,19,22)(H,20,21,23). The topological polar surface area (TPSA) is 84.1 Å². The fraction of sp³-hybridized carbons (Fsp3) is 0.278. The molecule has 7 heteroatoms. The summed E-state index contributed by atoms with van der Waals surface area (Å²) in [7, 11) is 0. The number of para-hydroxylation sites is 1. The van der Waals surface area contributed by atoms with Crippen molar-refractivity contribution in [2.24, 2.45) is 0 Å². The van der Waals surface area contributed by atoms with Gasteiger partial charge in [0.05, 0.1) is 18.3 Å². The lowest BCUT2D eigenvalue weighted by molar-refractivity contribution is -0.127. The molecule has 0 bridgehead atoms. The summed E-state index contributed by atoms with van der Waals surface area (Å²) < 4.78 is 5.79. The number of hydrogen-bond acceptors (Lipinski definition) is 5. The first-order chi connectivity index (χ1) is 12.1. The third-order valence-corrected chi connectivity index (χ3v) is 4.89. The number of benzene rings is 1. The number of aryl methyl sites for hydroxylation is 1. The normalized spacial score (nSPS) is 12.1. The number of hydrogen-bond donors (Lipinski definition) is 2. The van der Waals surface area contributed by atoms with Crippen molar-refractivity contribution in [1.82, 2.24) is 15.3 Å². The van der Waals surface area contributed by atoms with Crippen LogP contribution in [-0.2, 0) is 17.8 Å². The summed E-state index contributed by atoms with van der Waals surface area (Å²) in [4.78, 5) is 32.2. The van der Waals surface area contributed by atoms with E-state index in [-0.39, 0.29) is 11.5 Å². The summed E-state index contributed by atoms with van der Waals surface area (Å²) in [6.45, 7) is 4.10. The maximum Gasteiger partial charge on any atom is 0.261 e. The van der Waals surface area contributed by atoms with Gasteiger partial charge >= 0.3 is 0 Å². The Morgan fingerprint density at radius 2 is 2.20 bits per heavy atom. The Labute approximate surface area is 148 Å². The summed E-state index contributed by atoms with van der Waals surface area (Å²) in [6.07, 6.45) is 1.61. The molecule has 2 N–H and O–H groups in total. The smallest absolute Gasteiger partial charge is 0.261 e. The highest BCUT2D eigenvalue weighted by molar-refractivity contribution is 7.18. The molecular formula is C18H19N3O3S. The minimum Gasteiger partial charge on any atom is -0.481 e. The number of carbonyl (C=O) groups is 1. The van der Waals surface area contributed by atoms with Crippen LogP contribution in [-0.4, -0.2) is 22.0 Å². The van der Waals surface area contributed by atoms with Crippen LogP contribution in [0.25, 0.3) is 10.2 Å². The van der Waals surface area contributed by atoms with Gasteiger partial charge in [-0.05, 0) is 31.0 Å². The molecule has 2 aromatic heterocycles. The molecule has 0 fully saturated rings. The van der Waals surface area contributed by atoms with Gasteiger partial charge < -0.3 is 15.0 Å². The van der Waals surface area contributed by atoms with E-state index in [1.54, 1.807) is 13.0 Å². The third-order valence-electron chi connectivity index (χ3n) is 3.85. The molecule has 6 nitrogen and oxygen atoms in total. The number of H-pyrrole nitrogens is 1. The van der Waals surface area contributed by atoms with Crippen molar-refractivity contribution < 1.29 is 9.53 Å². The van der Waals surface area contributed by atoms with E-state index in [1.807, 2.05) is 31.2 Å². The lowest BCUT2D eigenvalue weighted by Gasteiger charge is -2.16. The van der Waals surface area contributed by atoms with E-state index >= 15 is 0 Å². The molecule has 1 atom stereocenters. The molecule has 3 aromatic rings. The summed E-state index contributed by atoms with van der Waals surface area (Å²) >= 11 is 1.39. The van der Waals surface area contributed by atoms with Gasteiger partial charge in [0.2, 0.25) is 0 Å². The molecule has 0 saturated heterocycles. The van der Waals surface area contributed by atoms with Crippen molar-refractivity contribution in [3.8, 4) is 5.75 Å². The lowest BCUT2D eigenvalue weighted by Crippen LogP contribution is -2.35. The van der Waals surface area contributed by atoms with Crippen LogP contribution in [0.2, 0.25) is 0 Å². The quantitative estimate of drug-likeness (QED) is 0.710. The summed E-state index contributed by atoms with van der Waals surface area (Å²) in [5.41, 5.74) is 0.892. The number of amides is 1. The number of fused-ring (bicyclic) bond motifs is 1. The van der Waals surface area contributed by atoms with Gasteiger partial charge in [0.1, 0.15) is 10.6 Å². The number of aromatic amines is 1.